The van der Waals surface area contributed by atoms with Crippen molar-refractivity contribution in [2.45, 2.75) is 18.9 Å². The Labute approximate surface area is 170 Å². The molecule has 1 fully saturated rings. The highest BCUT2D eigenvalue weighted by Crippen LogP contribution is 2.31. The zero-order valence-electron chi connectivity index (χ0n) is 15.9. The summed E-state index contributed by atoms with van der Waals surface area (Å²) in [5.41, 5.74) is -1.69. The van der Waals surface area contributed by atoms with Crippen LogP contribution < -0.4 is 10.3 Å². The number of ether oxygens (including phenoxy) is 1. The van der Waals surface area contributed by atoms with Crippen LogP contribution in [-0.4, -0.2) is 50.1 Å². The van der Waals surface area contributed by atoms with Crippen LogP contribution in [0.4, 0.5) is 0 Å². The van der Waals surface area contributed by atoms with Crippen LogP contribution in [0.2, 0.25) is 0 Å². The Morgan fingerprint density at radius 1 is 1.20 bits per heavy atom. The Hall–Kier alpha value is -3.88. The number of nitrogens with one attached hydrogen (secondary N) is 1. The van der Waals surface area contributed by atoms with Gasteiger partial charge in [0.25, 0.3) is 11.5 Å². The summed E-state index contributed by atoms with van der Waals surface area (Å²) in [4.78, 5) is 43.7. The van der Waals surface area contributed by atoms with E-state index in [1.807, 2.05) is 36.4 Å². The van der Waals surface area contributed by atoms with Crippen molar-refractivity contribution in [2.75, 3.05) is 13.2 Å². The molecule has 0 spiro atoms. The Balaban J connectivity index is 1.54. The third-order valence-electron chi connectivity index (χ3n) is 5.11. The number of nitrogens with zero attached hydrogens (tertiary/aromatic N) is 2. The molecule has 2 aromatic carbocycles. The van der Waals surface area contributed by atoms with Crippen molar-refractivity contribution in [3.63, 3.8) is 0 Å². The molecule has 30 heavy (non-hydrogen) atoms. The molecule has 4 rings (SSSR count). The zero-order chi connectivity index (χ0) is 21.3. The van der Waals surface area contributed by atoms with Gasteiger partial charge in [-0.15, -0.1) is 0 Å². The maximum atomic E-state index is 12.8. The van der Waals surface area contributed by atoms with Crippen molar-refractivity contribution in [3.8, 4) is 11.5 Å². The number of rotatable bonds is 5. The first-order valence-electron chi connectivity index (χ1n) is 9.42. The molecule has 1 atom stereocenters. The Kier molecular flexibility index (Phi) is 5.09. The predicted octanol–water partition coefficient (Wildman–Crippen LogP) is 2.07. The van der Waals surface area contributed by atoms with Gasteiger partial charge in [0, 0.05) is 11.9 Å². The molecule has 0 unspecified atom stereocenters. The molecule has 1 saturated heterocycles. The first-order valence-corrected chi connectivity index (χ1v) is 9.42. The Morgan fingerprint density at radius 2 is 1.97 bits per heavy atom. The minimum absolute atomic E-state index is 0.0335. The Bertz CT molecular complexity index is 1180. The molecule has 1 aliphatic heterocycles. The number of fused-ring (bicyclic) bond motifs is 1. The highest BCUT2D eigenvalue weighted by atomic mass is 16.5. The van der Waals surface area contributed by atoms with Crippen LogP contribution >= 0.6 is 0 Å². The highest BCUT2D eigenvalue weighted by molar-refractivity contribution is 5.89. The number of amides is 1. The lowest BCUT2D eigenvalue weighted by Crippen LogP contribution is -2.36. The Morgan fingerprint density at radius 3 is 2.77 bits per heavy atom. The minimum atomic E-state index is -1.52. The normalized spacial score (nSPS) is 16.0. The molecule has 9 heteroatoms. The lowest BCUT2D eigenvalue weighted by molar-refractivity contribution is -0.134. The molecule has 1 aromatic heterocycles. The standard InChI is InChI=1S/C21H19N3O6/c25-16(11-30-15-9-3-6-12-5-1-2-7-13(12)15)24-10-4-8-14(24)19-22-17(21(28)29)18(26)20(27)23-19/h1-3,5-7,9,14,26H,4,8,10-11H2,(H,28,29)(H,22,23,27)/t14-/m0/s1. The number of carboxylic acids is 1. The van der Waals surface area contributed by atoms with Crippen molar-refractivity contribution in [3.05, 3.63) is 64.3 Å². The molecule has 0 aliphatic carbocycles. The highest BCUT2D eigenvalue weighted by Gasteiger charge is 2.33. The van der Waals surface area contributed by atoms with E-state index in [4.69, 9.17) is 9.84 Å². The number of benzene rings is 2. The third kappa shape index (κ3) is 3.57. The van der Waals surface area contributed by atoms with Gasteiger partial charge in [0.15, 0.2) is 12.3 Å². The van der Waals surface area contributed by atoms with E-state index >= 15 is 0 Å². The van der Waals surface area contributed by atoms with E-state index in [2.05, 4.69) is 9.97 Å². The van der Waals surface area contributed by atoms with Crippen LogP contribution in [0.3, 0.4) is 0 Å². The lowest BCUT2D eigenvalue weighted by Gasteiger charge is -2.24. The second-order valence-corrected chi connectivity index (χ2v) is 6.96. The fourth-order valence-electron chi connectivity index (χ4n) is 3.68. The number of likely N-dealkylation sites (tertiary alicyclic amines) is 1. The van der Waals surface area contributed by atoms with Crippen LogP contribution in [0.15, 0.2) is 47.3 Å². The van der Waals surface area contributed by atoms with Gasteiger partial charge in [-0.3, -0.25) is 9.59 Å². The second kappa shape index (κ2) is 7.86. The first-order chi connectivity index (χ1) is 14.5. The first kappa shape index (κ1) is 19.4. The van der Waals surface area contributed by atoms with Gasteiger partial charge in [0.05, 0.1) is 6.04 Å². The van der Waals surface area contributed by atoms with Gasteiger partial charge in [-0.1, -0.05) is 36.4 Å². The minimum Gasteiger partial charge on any atom is -0.501 e. The molecule has 2 heterocycles. The number of H-pyrrole nitrogens is 1. The molecule has 9 nitrogen and oxygen atoms in total. The number of hydrogen-bond acceptors (Lipinski definition) is 6. The summed E-state index contributed by atoms with van der Waals surface area (Å²) >= 11 is 0. The number of aromatic amines is 1. The third-order valence-corrected chi connectivity index (χ3v) is 5.11. The summed E-state index contributed by atoms with van der Waals surface area (Å²) in [6, 6.07) is 12.7. The molecule has 154 valence electrons. The monoisotopic (exact) mass is 409 g/mol. The van der Waals surface area contributed by atoms with Gasteiger partial charge in [0.2, 0.25) is 5.75 Å². The summed E-state index contributed by atoms with van der Waals surface area (Å²) in [6.45, 7) is 0.216. The number of aromatic hydroxyl groups is 1. The smallest absolute Gasteiger partial charge is 0.358 e. The molecular formula is C21H19N3O6. The quantitative estimate of drug-likeness (QED) is 0.587. The molecule has 3 aromatic rings. The molecular weight excluding hydrogens is 390 g/mol. The van der Waals surface area contributed by atoms with E-state index in [1.165, 1.54) is 4.90 Å². The second-order valence-electron chi connectivity index (χ2n) is 6.96. The molecule has 3 N–H and O–H groups in total. The zero-order valence-corrected chi connectivity index (χ0v) is 15.9. The summed E-state index contributed by atoms with van der Waals surface area (Å²) in [6.07, 6.45) is 1.17. The summed E-state index contributed by atoms with van der Waals surface area (Å²) in [5, 5.41) is 20.7. The maximum Gasteiger partial charge on any atom is 0.358 e. The maximum absolute atomic E-state index is 12.8. The van der Waals surface area contributed by atoms with Gasteiger partial charge < -0.3 is 24.8 Å². The van der Waals surface area contributed by atoms with E-state index in [0.717, 1.165) is 10.8 Å². The predicted molar refractivity (Wildman–Crippen MR) is 107 cm³/mol. The van der Waals surface area contributed by atoms with E-state index < -0.39 is 29.0 Å². The van der Waals surface area contributed by atoms with E-state index in [-0.39, 0.29) is 18.3 Å². The molecule has 1 amide bonds. The molecule has 0 radical (unpaired) electrons. The topological polar surface area (TPSA) is 133 Å². The largest absolute Gasteiger partial charge is 0.501 e. The fraction of sp³-hybridized carbons (Fsp3) is 0.238. The van der Waals surface area contributed by atoms with Crippen molar-refractivity contribution < 1.29 is 24.5 Å². The van der Waals surface area contributed by atoms with Crippen LogP contribution in [0, 0.1) is 0 Å². The van der Waals surface area contributed by atoms with Crippen LogP contribution in [0.25, 0.3) is 10.8 Å². The van der Waals surface area contributed by atoms with Gasteiger partial charge in [-0.25, -0.2) is 9.78 Å². The number of carboxylic acid groups (broad SMARTS) is 1. The van der Waals surface area contributed by atoms with Gasteiger partial charge in [-0.2, -0.15) is 0 Å². The summed E-state index contributed by atoms with van der Waals surface area (Å²) in [7, 11) is 0. The number of carbonyl (C=O) groups is 2. The number of carbonyl (C=O) groups excluding carboxylic acids is 1. The van der Waals surface area contributed by atoms with Crippen molar-refractivity contribution in [1.29, 1.82) is 0 Å². The fourth-order valence-corrected chi connectivity index (χ4v) is 3.68. The van der Waals surface area contributed by atoms with Gasteiger partial charge in [0.1, 0.15) is 11.6 Å². The van der Waals surface area contributed by atoms with E-state index in [9.17, 15) is 19.5 Å². The molecule has 0 bridgehead atoms. The number of aromatic nitrogens is 2. The molecule has 0 saturated carbocycles. The molecule has 1 aliphatic rings. The number of hydrogen-bond donors (Lipinski definition) is 3. The number of aromatic carboxylic acids is 1. The van der Waals surface area contributed by atoms with Crippen molar-refractivity contribution >= 4 is 22.6 Å². The van der Waals surface area contributed by atoms with Crippen molar-refractivity contribution in [2.24, 2.45) is 0 Å². The van der Waals surface area contributed by atoms with E-state index in [0.29, 0.717) is 25.1 Å². The van der Waals surface area contributed by atoms with Gasteiger partial charge in [-0.05, 0) is 24.3 Å². The van der Waals surface area contributed by atoms with Crippen LogP contribution in [-0.2, 0) is 4.79 Å². The van der Waals surface area contributed by atoms with E-state index in [1.54, 1.807) is 6.07 Å². The summed E-state index contributed by atoms with van der Waals surface area (Å²) < 4.78 is 5.76. The van der Waals surface area contributed by atoms with Gasteiger partial charge >= 0.3 is 5.97 Å². The average molecular weight is 409 g/mol. The lowest BCUT2D eigenvalue weighted by atomic mass is 10.1. The average Bonchev–Trinajstić information content (AvgIpc) is 3.23. The van der Waals surface area contributed by atoms with Crippen LogP contribution in [0.5, 0.6) is 11.5 Å². The van der Waals surface area contributed by atoms with Crippen LogP contribution in [0.1, 0.15) is 35.2 Å². The SMILES string of the molecule is O=C(O)c1nc([C@@H]2CCCN2C(=O)COc2cccc3ccccc23)[nH]c(=O)c1O. The summed E-state index contributed by atoms with van der Waals surface area (Å²) in [5.74, 6) is -2.16. The van der Waals surface area contributed by atoms with Crippen molar-refractivity contribution in [1.82, 2.24) is 14.9 Å².